The van der Waals surface area contributed by atoms with E-state index in [9.17, 15) is 4.79 Å². The highest BCUT2D eigenvalue weighted by molar-refractivity contribution is 7.17. The van der Waals surface area contributed by atoms with E-state index in [1.807, 2.05) is 41.8 Å². The lowest BCUT2D eigenvalue weighted by atomic mass is 10.2. The van der Waals surface area contributed by atoms with Crippen molar-refractivity contribution in [1.29, 1.82) is 0 Å². The third-order valence-electron chi connectivity index (χ3n) is 5.85. The number of amides is 1. The summed E-state index contributed by atoms with van der Waals surface area (Å²) in [5.74, 6) is 1.36. The van der Waals surface area contributed by atoms with Crippen LogP contribution >= 0.6 is 11.3 Å². The highest BCUT2D eigenvalue weighted by Gasteiger charge is 2.15. The molecule has 0 spiro atoms. The Morgan fingerprint density at radius 1 is 1.11 bits per heavy atom. The molecule has 0 atom stereocenters. The van der Waals surface area contributed by atoms with Crippen molar-refractivity contribution in [2.75, 3.05) is 43.4 Å². The normalized spacial score (nSPS) is 14.1. The van der Waals surface area contributed by atoms with Crippen LogP contribution in [-0.4, -0.2) is 54.0 Å². The number of likely N-dealkylation sites (N-methyl/N-ethyl adjacent to an activating group) is 1. The maximum absolute atomic E-state index is 11.7. The molecular weight excluding hydrogens is 460 g/mol. The van der Waals surface area contributed by atoms with Crippen LogP contribution in [0.4, 0.5) is 23.0 Å². The molecule has 1 aliphatic heterocycles. The highest BCUT2D eigenvalue weighted by atomic mass is 32.1. The fraction of sp³-hybridized carbons (Fsp3) is 0.192. The summed E-state index contributed by atoms with van der Waals surface area (Å²) in [4.78, 5) is 25.7. The number of thiophene rings is 1. The van der Waals surface area contributed by atoms with E-state index in [1.54, 1.807) is 6.07 Å². The minimum absolute atomic E-state index is 0.157. The van der Waals surface area contributed by atoms with Crippen molar-refractivity contribution in [3.63, 3.8) is 0 Å². The maximum atomic E-state index is 11.7. The molecule has 1 amide bonds. The van der Waals surface area contributed by atoms with E-state index in [0.29, 0.717) is 17.6 Å². The molecule has 35 heavy (non-hydrogen) atoms. The summed E-state index contributed by atoms with van der Waals surface area (Å²) in [6.45, 7) is 7.72. The summed E-state index contributed by atoms with van der Waals surface area (Å²) >= 11 is 1.52. The number of aromatic nitrogens is 2. The molecule has 2 aromatic carbocycles. The van der Waals surface area contributed by atoms with Crippen LogP contribution in [0, 0.1) is 0 Å². The van der Waals surface area contributed by atoms with E-state index in [4.69, 9.17) is 4.74 Å². The van der Waals surface area contributed by atoms with E-state index in [0.717, 1.165) is 47.8 Å². The van der Waals surface area contributed by atoms with E-state index in [-0.39, 0.29) is 5.91 Å². The second-order valence-corrected chi connectivity index (χ2v) is 9.29. The quantitative estimate of drug-likeness (QED) is 0.302. The summed E-state index contributed by atoms with van der Waals surface area (Å²) in [6.07, 6.45) is 1.28. The minimum atomic E-state index is -0.157. The molecule has 0 unspecified atom stereocenters. The second-order valence-electron chi connectivity index (χ2n) is 8.37. The molecule has 8 nitrogen and oxygen atoms in total. The molecule has 0 bridgehead atoms. The van der Waals surface area contributed by atoms with Crippen LogP contribution in [0.15, 0.2) is 72.6 Å². The molecule has 178 valence electrons. The third kappa shape index (κ3) is 5.48. The van der Waals surface area contributed by atoms with Crippen LogP contribution in [0.2, 0.25) is 0 Å². The number of anilines is 3. The smallest absolute Gasteiger partial charge is 0.339 e. The molecule has 3 N–H and O–H groups in total. The number of ether oxygens (including phenoxy) is 1. The van der Waals surface area contributed by atoms with E-state index < -0.39 is 0 Å². The van der Waals surface area contributed by atoms with Gasteiger partial charge in [-0.05, 0) is 54.9 Å². The predicted molar refractivity (Wildman–Crippen MR) is 140 cm³/mol. The first-order chi connectivity index (χ1) is 17.1. The average Bonchev–Trinajstić information content (AvgIpc) is 3.34. The van der Waals surface area contributed by atoms with E-state index in [1.165, 1.54) is 28.4 Å². The number of nitrogens with one attached hydrogen (secondary N) is 1. The Morgan fingerprint density at radius 2 is 1.91 bits per heavy atom. The maximum Gasteiger partial charge on any atom is 0.339 e. The van der Waals surface area contributed by atoms with Gasteiger partial charge in [-0.25, -0.2) is 15.1 Å². The summed E-state index contributed by atoms with van der Waals surface area (Å²) < 4.78 is 7.00. The largest absolute Gasteiger partial charge is 0.437 e. The molecule has 0 saturated carbocycles. The van der Waals surface area contributed by atoms with Gasteiger partial charge in [0.15, 0.2) is 0 Å². The lowest BCUT2D eigenvalue weighted by molar-refractivity contribution is -0.478. The zero-order valence-electron chi connectivity index (χ0n) is 19.5. The first kappa shape index (κ1) is 23.0. The van der Waals surface area contributed by atoms with Crippen molar-refractivity contribution in [2.24, 2.45) is 0 Å². The average molecular weight is 488 g/mol. The van der Waals surface area contributed by atoms with Crippen LogP contribution in [0.3, 0.4) is 0 Å². The van der Waals surface area contributed by atoms with Gasteiger partial charge in [-0.15, -0.1) is 11.3 Å². The highest BCUT2D eigenvalue weighted by Crippen LogP contribution is 2.33. The summed E-state index contributed by atoms with van der Waals surface area (Å²) in [7, 11) is 2.16. The number of nitrogens with zero attached hydrogens (tertiary/aromatic N) is 4. The molecule has 5 rings (SSSR count). The van der Waals surface area contributed by atoms with Gasteiger partial charge in [-0.1, -0.05) is 12.6 Å². The van der Waals surface area contributed by atoms with Gasteiger partial charge >= 0.3 is 5.91 Å². The van der Waals surface area contributed by atoms with Crippen LogP contribution in [-0.2, 0) is 4.79 Å². The number of quaternary nitrogens is 1. The van der Waals surface area contributed by atoms with Crippen LogP contribution in [0.5, 0.6) is 11.6 Å². The Balaban J connectivity index is 1.35. The first-order valence-electron chi connectivity index (χ1n) is 11.4. The van der Waals surface area contributed by atoms with Crippen molar-refractivity contribution < 1.29 is 14.8 Å². The fourth-order valence-corrected chi connectivity index (χ4v) is 4.67. The second kappa shape index (κ2) is 10.2. The van der Waals surface area contributed by atoms with Gasteiger partial charge in [-0.3, -0.25) is 0 Å². The molecule has 9 heteroatoms. The summed E-state index contributed by atoms with van der Waals surface area (Å²) in [5.41, 5.74) is 3.67. The number of hydrogen-bond donors (Lipinski definition) is 2. The molecule has 2 aromatic heterocycles. The number of carbonyl (C=O) groups excluding carboxylic acids is 1. The molecule has 1 fully saturated rings. The Labute approximate surface area is 207 Å². The van der Waals surface area contributed by atoms with E-state index in [2.05, 4.69) is 50.8 Å². The number of rotatable bonds is 7. The first-order valence-corrected chi connectivity index (χ1v) is 12.3. The minimum Gasteiger partial charge on any atom is -0.437 e. The Hall–Kier alpha value is -3.79. The van der Waals surface area contributed by atoms with Gasteiger partial charge in [0.05, 0.1) is 5.52 Å². The van der Waals surface area contributed by atoms with Crippen molar-refractivity contribution in [3.05, 3.63) is 72.6 Å². The number of carbonyl (C=O) groups is 1. The van der Waals surface area contributed by atoms with Crippen molar-refractivity contribution in [1.82, 2.24) is 14.9 Å². The predicted octanol–water partition coefficient (Wildman–Crippen LogP) is 3.89. The Kier molecular flexibility index (Phi) is 6.71. The monoisotopic (exact) mass is 487 g/mol. The molecule has 1 saturated heterocycles. The number of primary amides is 1. The number of fused-ring (bicyclic) bond motifs is 1. The standard InChI is InChI=1S/C26H26N6O2S/c1-3-23(33)27-19-5-4-6-21(17-19)34-25-24-22(11-16-35-24)29-26(30-25)28-18-7-9-20(10-8-18)32-14-12-31(2)13-15-32/h3-11,16-17H,1,12-15H2,2H3,(H,27,33)(H,28,29,30)/p+1. The third-order valence-corrected chi connectivity index (χ3v) is 6.74. The van der Waals surface area contributed by atoms with Gasteiger partial charge in [0, 0.05) is 49.7 Å². The zero-order valence-corrected chi connectivity index (χ0v) is 20.3. The van der Waals surface area contributed by atoms with E-state index >= 15 is 0 Å². The number of piperazine rings is 1. The molecule has 1 aliphatic rings. The van der Waals surface area contributed by atoms with Crippen LogP contribution < -0.4 is 20.3 Å². The van der Waals surface area contributed by atoms with Gasteiger partial charge in [0.2, 0.25) is 11.8 Å². The van der Waals surface area contributed by atoms with Crippen molar-refractivity contribution >= 4 is 50.5 Å². The van der Waals surface area contributed by atoms with Crippen LogP contribution in [0.1, 0.15) is 0 Å². The summed E-state index contributed by atoms with van der Waals surface area (Å²) in [5, 5.41) is 6.79. The molecule has 4 aromatic rings. The van der Waals surface area contributed by atoms with Crippen LogP contribution in [0.25, 0.3) is 10.2 Å². The summed E-state index contributed by atoms with van der Waals surface area (Å²) in [6, 6.07) is 17.6. The lowest BCUT2D eigenvalue weighted by Crippen LogP contribution is -2.81. The van der Waals surface area contributed by atoms with Gasteiger partial charge < -0.3 is 19.9 Å². The molecular formula is C26H27N6O2S+. The van der Waals surface area contributed by atoms with Gasteiger partial charge in [0.25, 0.3) is 0 Å². The number of benzene rings is 2. The van der Waals surface area contributed by atoms with Crippen molar-refractivity contribution in [3.8, 4) is 11.6 Å². The lowest BCUT2D eigenvalue weighted by Gasteiger charge is -2.34. The van der Waals surface area contributed by atoms with Gasteiger partial charge in [0.1, 0.15) is 16.1 Å². The number of hydrogen-bond acceptors (Lipinski definition) is 8. The molecule has 0 radical (unpaired) electrons. The Morgan fingerprint density at radius 3 is 2.69 bits per heavy atom. The molecule has 3 heterocycles. The van der Waals surface area contributed by atoms with Gasteiger partial charge in [-0.2, -0.15) is 4.98 Å². The number of nitrogens with two attached hydrogens (primary N) is 1. The van der Waals surface area contributed by atoms with Crippen molar-refractivity contribution in [2.45, 2.75) is 0 Å². The zero-order chi connectivity index (χ0) is 24.2. The fourth-order valence-electron chi connectivity index (χ4n) is 3.91. The SMILES string of the molecule is C=CC(=O)[NH2+]c1cccc(Oc2nc(Nc3ccc(N4CCN(C)CC4)cc3)nc3ccsc23)c1. The molecule has 0 aliphatic carbocycles. The topological polar surface area (TPSA) is 87.2 Å². The Bertz CT molecular complexity index is 1350.